The minimum absolute atomic E-state index is 0.202. The molecular weight excluding hydrogens is 212 g/mol. The Morgan fingerprint density at radius 2 is 2.40 bits per heavy atom. The Morgan fingerprint density at radius 3 is 2.93 bits per heavy atom. The van der Waals surface area contributed by atoms with Crippen molar-refractivity contribution in [3.8, 4) is 0 Å². The summed E-state index contributed by atoms with van der Waals surface area (Å²) in [5.74, 6) is -0.202. The van der Waals surface area contributed by atoms with E-state index in [-0.39, 0.29) is 5.91 Å². The fraction of sp³-hybridized carbons (Fsp3) is 0.222. The summed E-state index contributed by atoms with van der Waals surface area (Å²) in [5, 5.41) is 9.28. The third-order valence-corrected chi connectivity index (χ3v) is 2.59. The van der Waals surface area contributed by atoms with Crippen molar-refractivity contribution in [1.82, 2.24) is 14.8 Å². The molecule has 15 heavy (non-hydrogen) atoms. The van der Waals surface area contributed by atoms with Crippen LogP contribution in [-0.4, -0.2) is 20.7 Å². The molecule has 0 bridgehead atoms. The average Bonchev–Trinajstić information content (AvgIpc) is 2.75. The third-order valence-electron chi connectivity index (χ3n) is 1.81. The fourth-order valence-electron chi connectivity index (χ4n) is 1.15. The number of aryl methyl sites for hydroxylation is 2. The van der Waals surface area contributed by atoms with Crippen LogP contribution in [0.2, 0.25) is 0 Å². The van der Waals surface area contributed by atoms with E-state index in [9.17, 15) is 4.79 Å². The summed E-state index contributed by atoms with van der Waals surface area (Å²) in [6, 6.07) is 0. The van der Waals surface area contributed by atoms with Crippen LogP contribution in [0.1, 0.15) is 15.5 Å². The Kier molecular flexibility index (Phi) is 2.51. The largest absolute Gasteiger partial charge is 0.318 e. The number of carbonyl (C=O) groups excluding carboxylic acids is 1. The second-order valence-corrected chi connectivity index (χ2v) is 4.17. The van der Waals surface area contributed by atoms with Gasteiger partial charge in [0.05, 0.1) is 16.9 Å². The molecule has 2 aromatic heterocycles. The molecule has 0 radical (unpaired) electrons. The van der Waals surface area contributed by atoms with Gasteiger partial charge in [-0.1, -0.05) is 0 Å². The van der Waals surface area contributed by atoms with Gasteiger partial charge in [-0.05, 0) is 6.92 Å². The predicted octanol–water partition coefficient (Wildman–Crippen LogP) is 1.44. The zero-order valence-corrected chi connectivity index (χ0v) is 9.21. The molecule has 6 heteroatoms. The number of nitrogens with zero attached hydrogens (tertiary/aromatic N) is 3. The fourth-order valence-corrected chi connectivity index (χ4v) is 1.74. The van der Waals surface area contributed by atoms with Gasteiger partial charge < -0.3 is 5.32 Å². The van der Waals surface area contributed by atoms with Crippen molar-refractivity contribution in [2.75, 3.05) is 5.32 Å². The minimum Gasteiger partial charge on any atom is -0.318 e. The Hall–Kier alpha value is -1.69. The summed E-state index contributed by atoms with van der Waals surface area (Å²) in [5.41, 5.74) is 1.12. The molecular formula is C9H10N4OS. The average molecular weight is 222 g/mol. The summed E-state index contributed by atoms with van der Waals surface area (Å²) in [4.78, 5) is 15.7. The second kappa shape index (κ2) is 3.82. The molecule has 0 aliphatic heterocycles. The minimum atomic E-state index is -0.202. The highest BCUT2D eigenvalue weighted by Crippen LogP contribution is 2.10. The molecule has 0 aliphatic carbocycles. The van der Waals surface area contributed by atoms with Crippen LogP contribution in [0, 0.1) is 6.92 Å². The molecule has 0 unspecified atom stereocenters. The van der Waals surface area contributed by atoms with E-state index >= 15 is 0 Å². The van der Waals surface area contributed by atoms with Crippen LogP contribution in [0.25, 0.3) is 0 Å². The normalized spacial score (nSPS) is 10.3. The Morgan fingerprint density at radius 1 is 1.60 bits per heavy atom. The van der Waals surface area contributed by atoms with Gasteiger partial charge in [-0.2, -0.15) is 5.10 Å². The van der Waals surface area contributed by atoms with Gasteiger partial charge in [0.15, 0.2) is 0 Å². The molecule has 0 fully saturated rings. The van der Waals surface area contributed by atoms with E-state index in [1.54, 1.807) is 29.5 Å². The maximum absolute atomic E-state index is 11.6. The standard InChI is InChI=1S/C9H10N4OS/c1-6-11-8(5-15-6)9(14)12-7-3-10-13(2)4-7/h3-5H,1-2H3,(H,12,14). The second-order valence-electron chi connectivity index (χ2n) is 3.11. The highest BCUT2D eigenvalue weighted by atomic mass is 32.1. The number of amides is 1. The summed E-state index contributed by atoms with van der Waals surface area (Å²) < 4.78 is 1.63. The van der Waals surface area contributed by atoms with Gasteiger partial charge in [-0.25, -0.2) is 4.98 Å². The van der Waals surface area contributed by atoms with Gasteiger partial charge in [0.25, 0.3) is 5.91 Å². The Labute approximate surface area is 90.8 Å². The van der Waals surface area contributed by atoms with E-state index in [1.807, 2.05) is 6.92 Å². The maximum Gasteiger partial charge on any atom is 0.275 e. The number of nitrogens with one attached hydrogen (secondary N) is 1. The van der Waals surface area contributed by atoms with E-state index in [0.29, 0.717) is 11.4 Å². The van der Waals surface area contributed by atoms with Crippen molar-refractivity contribution in [3.05, 3.63) is 28.5 Å². The smallest absolute Gasteiger partial charge is 0.275 e. The monoisotopic (exact) mass is 222 g/mol. The lowest BCUT2D eigenvalue weighted by Gasteiger charge is -1.97. The van der Waals surface area contributed by atoms with Crippen LogP contribution >= 0.6 is 11.3 Å². The Bertz CT molecular complexity index is 488. The van der Waals surface area contributed by atoms with E-state index in [4.69, 9.17) is 0 Å². The van der Waals surface area contributed by atoms with Gasteiger partial charge in [-0.15, -0.1) is 11.3 Å². The zero-order chi connectivity index (χ0) is 10.8. The summed E-state index contributed by atoms with van der Waals surface area (Å²) in [6.07, 6.45) is 3.33. The number of anilines is 1. The topological polar surface area (TPSA) is 59.8 Å². The molecule has 1 amide bonds. The predicted molar refractivity (Wildman–Crippen MR) is 58.0 cm³/mol. The first-order valence-corrected chi connectivity index (χ1v) is 5.25. The molecule has 1 N–H and O–H groups in total. The Balaban J connectivity index is 2.10. The molecule has 0 saturated heterocycles. The van der Waals surface area contributed by atoms with Crippen LogP contribution in [0.3, 0.4) is 0 Å². The quantitative estimate of drug-likeness (QED) is 0.836. The van der Waals surface area contributed by atoms with Crippen molar-refractivity contribution in [2.45, 2.75) is 6.92 Å². The lowest BCUT2D eigenvalue weighted by atomic mass is 10.4. The first-order valence-electron chi connectivity index (χ1n) is 4.37. The van der Waals surface area contributed by atoms with Crippen molar-refractivity contribution < 1.29 is 4.79 Å². The number of carbonyl (C=O) groups is 1. The molecule has 0 atom stereocenters. The highest BCUT2D eigenvalue weighted by Gasteiger charge is 2.09. The molecule has 0 aliphatic rings. The maximum atomic E-state index is 11.6. The van der Waals surface area contributed by atoms with Crippen molar-refractivity contribution in [3.63, 3.8) is 0 Å². The summed E-state index contributed by atoms with van der Waals surface area (Å²) in [7, 11) is 1.79. The van der Waals surface area contributed by atoms with Crippen LogP contribution in [-0.2, 0) is 7.05 Å². The van der Waals surface area contributed by atoms with E-state index in [1.165, 1.54) is 11.3 Å². The zero-order valence-electron chi connectivity index (χ0n) is 8.39. The molecule has 78 valence electrons. The van der Waals surface area contributed by atoms with Crippen LogP contribution in [0.15, 0.2) is 17.8 Å². The lowest BCUT2D eigenvalue weighted by molar-refractivity contribution is 0.102. The van der Waals surface area contributed by atoms with Crippen molar-refractivity contribution in [1.29, 1.82) is 0 Å². The van der Waals surface area contributed by atoms with Gasteiger partial charge in [0.2, 0.25) is 0 Å². The van der Waals surface area contributed by atoms with Gasteiger partial charge >= 0.3 is 0 Å². The van der Waals surface area contributed by atoms with Crippen LogP contribution in [0.4, 0.5) is 5.69 Å². The molecule has 5 nitrogen and oxygen atoms in total. The highest BCUT2D eigenvalue weighted by molar-refractivity contribution is 7.09. The number of hydrogen-bond acceptors (Lipinski definition) is 4. The first kappa shape index (κ1) is 9.85. The van der Waals surface area contributed by atoms with E-state index in [0.717, 1.165) is 5.01 Å². The van der Waals surface area contributed by atoms with Gasteiger partial charge in [-0.3, -0.25) is 9.48 Å². The van der Waals surface area contributed by atoms with E-state index < -0.39 is 0 Å². The van der Waals surface area contributed by atoms with Gasteiger partial charge in [0.1, 0.15) is 5.69 Å². The number of rotatable bonds is 2. The molecule has 2 heterocycles. The van der Waals surface area contributed by atoms with Crippen LogP contribution in [0.5, 0.6) is 0 Å². The van der Waals surface area contributed by atoms with E-state index in [2.05, 4.69) is 15.4 Å². The molecule has 2 rings (SSSR count). The number of thiazole rings is 1. The molecule has 0 aromatic carbocycles. The van der Waals surface area contributed by atoms with Gasteiger partial charge in [0, 0.05) is 18.6 Å². The number of hydrogen-bond donors (Lipinski definition) is 1. The molecule has 0 spiro atoms. The number of aromatic nitrogens is 3. The molecule has 2 aromatic rings. The third kappa shape index (κ3) is 2.21. The summed E-state index contributed by atoms with van der Waals surface area (Å²) >= 11 is 1.46. The molecule has 0 saturated carbocycles. The van der Waals surface area contributed by atoms with Crippen molar-refractivity contribution in [2.24, 2.45) is 7.05 Å². The van der Waals surface area contributed by atoms with Crippen molar-refractivity contribution >= 4 is 22.9 Å². The SMILES string of the molecule is Cc1nc(C(=O)Nc2cnn(C)c2)cs1. The van der Waals surface area contributed by atoms with Crippen LogP contribution < -0.4 is 5.32 Å². The first-order chi connectivity index (χ1) is 7.15. The lowest BCUT2D eigenvalue weighted by Crippen LogP contribution is -2.11. The summed E-state index contributed by atoms with van der Waals surface area (Å²) in [6.45, 7) is 1.87.